The van der Waals surface area contributed by atoms with E-state index in [0.717, 1.165) is 47.2 Å². The average Bonchev–Trinajstić information content (AvgIpc) is 2.46. The van der Waals surface area contributed by atoms with Crippen molar-refractivity contribution in [3.05, 3.63) is 35.2 Å². The van der Waals surface area contributed by atoms with Gasteiger partial charge in [0.25, 0.3) is 0 Å². The van der Waals surface area contributed by atoms with Crippen molar-refractivity contribution in [2.75, 3.05) is 19.0 Å². The second kappa shape index (κ2) is 6.57. The fraction of sp³-hybridized carbons (Fsp3) is 0.412. The molecule has 0 spiro atoms. The van der Waals surface area contributed by atoms with E-state index in [1.165, 1.54) is 5.56 Å². The van der Waals surface area contributed by atoms with E-state index in [-0.39, 0.29) is 0 Å². The van der Waals surface area contributed by atoms with Crippen LogP contribution in [0.4, 0.5) is 5.82 Å². The molecule has 4 nitrogen and oxygen atoms in total. The molecule has 0 aliphatic heterocycles. The van der Waals surface area contributed by atoms with Crippen LogP contribution >= 0.6 is 0 Å². The number of hydrogen-bond acceptors (Lipinski definition) is 4. The summed E-state index contributed by atoms with van der Waals surface area (Å²) in [5, 5.41) is 3.27. The van der Waals surface area contributed by atoms with Crippen molar-refractivity contribution in [3.63, 3.8) is 0 Å². The van der Waals surface area contributed by atoms with Gasteiger partial charge in [-0.15, -0.1) is 0 Å². The average molecular weight is 285 g/mol. The molecule has 1 aromatic heterocycles. The minimum Gasteiger partial charge on any atom is -0.496 e. The summed E-state index contributed by atoms with van der Waals surface area (Å²) in [6.07, 6.45) is 0.805. The van der Waals surface area contributed by atoms with Crippen LogP contribution in [-0.2, 0) is 6.42 Å². The summed E-state index contributed by atoms with van der Waals surface area (Å²) < 4.78 is 5.55. The topological polar surface area (TPSA) is 47.0 Å². The van der Waals surface area contributed by atoms with Crippen LogP contribution in [0.1, 0.15) is 30.8 Å². The highest BCUT2D eigenvalue weighted by Crippen LogP contribution is 2.34. The Balaban J connectivity index is 2.63. The van der Waals surface area contributed by atoms with Crippen LogP contribution in [0.25, 0.3) is 11.3 Å². The monoisotopic (exact) mass is 285 g/mol. The number of methoxy groups -OCH3 is 1. The molecule has 0 radical (unpaired) electrons. The number of aryl methyl sites for hydroxylation is 3. The maximum absolute atomic E-state index is 5.55. The van der Waals surface area contributed by atoms with E-state index in [0.29, 0.717) is 0 Å². The largest absolute Gasteiger partial charge is 0.496 e. The minimum absolute atomic E-state index is 0.805. The van der Waals surface area contributed by atoms with Gasteiger partial charge in [0, 0.05) is 24.6 Å². The van der Waals surface area contributed by atoms with E-state index in [4.69, 9.17) is 4.74 Å². The highest BCUT2D eigenvalue weighted by atomic mass is 16.5. The van der Waals surface area contributed by atoms with E-state index in [1.54, 1.807) is 7.11 Å². The van der Waals surface area contributed by atoms with Crippen molar-refractivity contribution in [2.45, 2.75) is 34.1 Å². The minimum atomic E-state index is 0.805. The highest BCUT2D eigenvalue weighted by Gasteiger charge is 2.14. The fourth-order valence-corrected chi connectivity index (χ4v) is 2.47. The summed E-state index contributed by atoms with van der Waals surface area (Å²) in [4.78, 5) is 9.18. The lowest BCUT2D eigenvalue weighted by Gasteiger charge is -2.14. The van der Waals surface area contributed by atoms with Crippen LogP contribution in [0.15, 0.2) is 18.2 Å². The standard InChI is InChI=1S/C17H23N3O/c1-6-15-19-13(10-16(20-15)18-7-2)17-12(4)8-11(3)9-14(17)21-5/h8-10H,6-7H2,1-5H3,(H,18,19,20). The molecule has 112 valence electrons. The molecule has 0 unspecified atom stereocenters. The van der Waals surface area contributed by atoms with Gasteiger partial charge in [-0.1, -0.05) is 13.0 Å². The predicted molar refractivity (Wildman–Crippen MR) is 87.0 cm³/mol. The molecule has 0 atom stereocenters. The van der Waals surface area contributed by atoms with Gasteiger partial charge in [-0.05, 0) is 38.0 Å². The predicted octanol–water partition coefficient (Wildman–Crippen LogP) is 3.76. The first-order chi connectivity index (χ1) is 10.1. The quantitative estimate of drug-likeness (QED) is 0.908. The summed E-state index contributed by atoms with van der Waals surface area (Å²) in [5.74, 6) is 2.56. The van der Waals surface area contributed by atoms with Gasteiger partial charge < -0.3 is 10.1 Å². The molecule has 1 aromatic carbocycles. The lowest BCUT2D eigenvalue weighted by molar-refractivity contribution is 0.415. The molecule has 0 saturated heterocycles. The van der Waals surface area contributed by atoms with Crippen LogP contribution in [0, 0.1) is 13.8 Å². The summed E-state index contributed by atoms with van der Waals surface area (Å²) in [7, 11) is 1.70. The van der Waals surface area contributed by atoms with E-state index in [2.05, 4.69) is 49.0 Å². The number of nitrogens with zero attached hydrogens (tertiary/aromatic N) is 2. The molecule has 2 aromatic rings. The zero-order chi connectivity index (χ0) is 15.4. The maximum atomic E-state index is 5.55. The molecule has 0 amide bonds. The van der Waals surface area contributed by atoms with Crippen molar-refractivity contribution in [1.29, 1.82) is 0 Å². The molecule has 4 heteroatoms. The summed E-state index contributed by atoms with van der Waals surface area (Å²) in [6.45, 7) is 9.12. The summed E-state index contributed by atoms with van der Waals surface area (Å²) in [5.41, 5.74) is 4.30. The normalized spacial score (nSPS) is 10.5. The van der Waals surface area contributed by atoms with E-state index in [1.807, 2.05) is 12.1 Å². The second-order valence-corrected chi connectivity index (χ2v) is 5.10. The Morgan fingerprint density at radius 2 is 1.86 bits per heavy atom. The van der Waals surface area contributed by atoms with Crippen molar-refractivity contribution in [2.24, 2.45) is 0 Å². The molecule has 0 aliphatic carbocycles. The number of hydrogen-bond donors (Lipinski definition) is 1. The van der Waals surface area contributed by atoms with Crippen molar-refractivity contribution in [1.82, 2.24) is 9.97 Å². The lowest BCUT2D eigenvalue weighted by Crippen LogP contribution is -2.05. The smallest absolute Gasteiger partial charge is 0.131 e. The van der Waals surface area contributed by atoms with Crippen molar-refractivity contribution >= 4 is 5.82 Å². The number of rotatable bonds is 5. The fourth-order valence-electron chi connectivity index (χ4n) is 2.47. The van der Waals surface area contributed by atoms with Crippen LogP contribution in [0.5, 0.6) is 5.75 Å². The number of benzene rings is 1. The zero-order valence-corrected chi connectivity index (χ0v) is 13.4. The molecular weight excluding hydrogens is 262 g/mol. The van der Waals surface area contributed by atoms with Crippen molar-refractivity contribution < 1.29 is 4.74 Å². The zero-order valence-electron chi connectivity index (χ0n) is 13.4. The SMILES string of the molecule is CCNc1cc(-c2c(C)cc(C)cc2OC)nc(CC)n1. The molecule has 1 N–H and O–H groups in total. The third kappa shape index (κ3) is 3.32. The van der Waals surface area contributed by atoms with Gasteiger partial charge in [0.2, 0.25) is 0 Å². The number of aromatic nitrogens is 2. The Morgan fingerprint density at radius 1 is 1.10 bits per heavy atom. The van der Waals surface area contributed by atoms with Gasteiger partial charge in [-0.2, -0.15) is 0 Å². The molecule has 0 aliphatic rings. The molecule has 2 rings (SSSR count). The highest BCUT2D eigenvalue weighted by molar-refractivity contribution is 5.73. The first-order valence-electron chi connectivity index (χ1n) is 7.36. The van der Waals surface area contributed by atoms with Gasteiger partial charge in [-0.3, -0.25) is 0 Å². The molecule has 0 bridgehead atoms. The Hall–Kier alpha value is -2.10. The maximum Gasteiger partial charge on any atom is 0.131 e. The number of anilines is 1. The van der Waals surface area contributed by atoms with Gasteiger partial charge in [-0.25, -0.2) is 9.97 Å². The number of nitrogens with one attached hydrogen (secondary N) is 1. The van der Waals surface area contributed by atoms with Crippen molar-refractivity contribution in [3.8, 4) is 17.0 Å². The lowest BCUT2D eigenvalue weighted by atomic mass is 10.0. The van der Waals surface area contributed by atoms with Gasteiger partial charge >= 0.3 is 0 Å². The first-order valence-corrected chi connectivity index (χ1v) is 7.36. The summed E-state index contributed by atoms with van der Waals surface area (Å²) >= 11 is 0. The first kappa shape index (κ1) is 15.3. The molecule has 0 saturated carbocycles. The van der Waals surface area contributed by atoms with E-state index >= 15 is 0 Å². The van der Waals surface area contributed by atoms with E-state index < -0.39 is 0 Å². The number of ether oxygens (including phenoxy) is 1. The van der Waals surface area contributed by atoms with Gasteiger partial charge in [0.15, 0.2) is 0 Å². The second-order valence-electron chi connectivity index (χ2n) is 5.10. The summed E-state index contributed by atoms with van der Waals surface area (Å²) in [6, 6.07) is 6.18. The molecular formula is C17H23N3O. The Labute approximate surface area is 126 Å². The van der Waals surface area contributed by atoms with Crippen LogP contribution in [0.2, 0.25) is 0 Å². The third-order valence-electron chi connectivity index (χ3n) is 3.37. The van der Waals surface area contributed by atoms with Crippen LogP contribution < -0.4 is 10.1 Å². The Kier molecular flexibility index (Phi) is 4.78. The Bertz CT molecular complexity index is 638. The molecule has 21 heavy (non-hydrogen) atoms. The third-order valence-corrected chi connectivity index (χ3v) is 3.37. The van der Waals surface area contributed by atoms with E-state index in [9.17, 15) is 0 Å². The molecule has 1 heterocycles. The van der Waals surface area contributed by atoms with Crippen LogP contribution in [0.3, 0.4) is 0 Å². The van der Waals surface area contributed by atoms with Gasteiger partial charge in [0.1, 0.15) is 17.4 Å². The molecule has 0 fully saturated rings. The van der Waals surface area contributed by atoms with Gasteiger partial charge in [0.05, 0.1) is 12.8 Å². The Morgan fingerprint density at radius 3 is 2.48 bits per heavy atom. The van der Waals surface area contributed by atoms with Crippen LogP contribution in [-0.4, -0.2) is 23.6 Å².